The minimum atomic E-state index is -4.30. The minimum Gasteiger partial charge on any atom is -0.240 e. The SMILES string of the molecule is FC(F)(F)c1ccn2ncc(I)c2c1. The van der Waals surface area contributed by atoms with Crippen LogP contribution in [-0.2, 0) is 6.18 Å². The van der Waals surface area contributed by atoms with E-state index >= 15 is 0 Å². The second-order valence-corrected chi connectivity index (χ2v) is 3.90. The molecule has 2 nitrogen and oxygen atoms in total. The van der Waals surface area contributed by atoms with Crippen molar-refractivity contribution >= 4 is 28.1 Å². The Balaban J connectivity index is 2.66. The molecule has 0 radical (unpaired) electrons. The molecule has 2 rings (SSSR count). The van der Waals surface area contributed by atoms with Gasteiger partial charge in [0, 0.05) is 6.20 Å². The molecule has 0 saturated carbocycles. The summed E-state index contributed by atoms with van der Waals surface area (Å²) >= 11 is 1.95. The molecular weight excluding hydrogens is 308 g/mol. The standard InChI is InChI=1S/C8H4F3IN2/c9-8(10,11)5-1-2-14-7(3-5)6(12)4-13-14/h1-4H. The summed E-state index contributed by atoms with van der Waals surface area (Å²) in [6.07, 6.45) is -1.47. The fourth-order valence-electron chi connectivity index (χ4n) is 1.13. The Bertz CT molecular complexity index is 475. The molecule has 0 spiro atoms. The van der Waals surface area contributed by atoms with Crippen molar-refractivity contribution in [1.29, 1.82) is 0 Å². The van der Waals surface area contributed by atoms with Crippen molar-refractivity contribution in [2.75, 3.05) is 0 Å². The molecule has 2 aromatic rings. The number of hydrogen-bond donors (Lipinski definition) is 0. The van der Waals surface area contributed by atoms with Crippen LogP contribution in [0.3, 0.4) is 0 Å². The first-order valence-corrected chi connectivity index (χ1v) is 4.76. The van der Waals surface area contributed by atoms with Crippen LogP contribution in [0, 0.1) is 3.57 Å². The summed E-state index contributed by atoms with van der Waals surface area (Å²) < 4.78 is 39.1. The fraction of sp³-hybridized carbons (Fsp3) is 0.125. The van der Waals surface area contributed by atoms with Crippen molar-refractivity contribution in [2.45, 2.75) is 6.18 Å². The van der Waals surface area contributed by atoms with Crippen LogP contribution < -0.4 is 0 Å². The highest BCUT2D eigenvalue weighted by atomic mass is 127. The third-order valence-electron chi connectivity index (χ3n) is 1.80. The van der Waals surface area contributed by atoms with Crippen molar-refractivity contribution in [3.63, 3.8) is 0 Å². The van der Waals surface area contributed by atoms with Crippen molar-refractivity contribution in [3.8, 4) is 0 Å². The maximum atomic E-state index is 12.3. The van der Waals surface area contributed by atoms with E-state index in [1.807, 2.05) is 22.6 Å². The molecule has 0 fully saturated rings. The van der Waals surface area contributed by atoms with Gasteiger partial charge in [0.2, 0.25) is 0 Å². The second-order valence-electron chi connectivity index (χ2n) is 2.74. The van der Waals surface area contributed by atoms with Crippen LogP contribution in [-0.4, -0.2) is 9.61 Å². The topological polar surface area (TPSA) is 17.3 Å². The van der Waals surface area contributed by atoms with E-state index in [0.717, 1.165) is 12.1 Å². The molecule has 6 heteroatoms. The molecule has 0 bridgehead atoms. The number of rotatable bonds is 0. The number of pyridine rings is 1. The van der Waals surface area contributed by atoms with Gasteiger partial charge in [-0.15, -0.1) is 0 Å². The molecule has 2 aromatic heterocycles. The Labute approximate surface area is 90.9 Å². The van der Waals surface area contributed by atoms with Gasteiger partial charge in [0.25, 0.3) is 0 Å². The van der Waals surface area contributed by atoms with Crippen LogP contribution in [0.2, 0.25) is 0 Å². The minimum absolute atomic E-state index is 0.473. The van der Waals surface area contributed by atoms with Crippen LogP contribution in [0.15, 0.2) is 24.5 Å². The van der Waals surface area contributed by atoms with Crippen molar-refractivity contribution < 1.29 is 13.2 Å². The molecule has 0 aliphatic rings. The number of nitrogens with zero attached hydrogens (tertiary/aromatic N) is 2. The molecule has 0 aliphatic carbocycles. The number of aromatic nitrogens is 2. The molecule has 0 amide bonds. The van der Waals surface area contributed by atoms with Crippen molar-refractivity contribution in [1.82, 2.24) is 9.61 Å². The lowest BCUT2D eigenvalue weighted by atomic mass is 10.2. The van der Waals surface area contributed by atoms with Crippen LogP contribution >= 0.6 is 22.6 Å². The summed E-state index contributed by atoms with van der Waals surface area (Å²) in [6.45, 7) is 0. The predicted octanol–water partition coefficient (Wildman–Crippen LogP) is 2.96. The van der Waals surface area contributed by atoms with E-state index in [1.165, 1.54) is 16.9 Å². The van der Waals surface area contributed by atoms with Gasteiger partial charge in [-0.2, -0.15) is 18.3 Å². The lowest BCUT2D eigenvalue weighted by molar-refractivity contribution is -0.137. The number of alkyl halides is 3. The molecular formula is C8H4F3IN2. The first kappa shape index (κ1) is 9.75. The summed E-state index contributed by atoms with van der Waals surface area (Å²) in [5, 5.41) is 3.88. The van der Waals surface area contributed by atoms with E-state index in [0.29, 0.717) is 9.09 Å². The number of fused-ring (bicyclic) bond motifs is 1. The molecule has 0 N–H and O–H groups in total. The normalized spacial score (nSPS) is 12.3. The molecule has 0 aliphatic heterocycles. The molecule has 0 unspecified atom stereocenters. The third-order valence-corrected chi connectivity index (χ3v) is 2.63. The van der Waals surface area contributed by atoms with Gasteiger partial charge in [0.1, 0.15) is 0 Å². The predicted molar refractivity (Wildman–Crippen MR) is 52.9 cm³/mol. The van der Waals surface area contributed by atoms with Gasteiger partial charge in [-0.1, -0.05) is 0 Å². The molecule has 74 valence electrons. The quantitative estimate of drug-likeness (QED) is 0.684. The Hall–Kier alpha value is -0.790. The van der Waals surface area contributed by atoms with E-state index in [9.17, 15) is 13.2 Å². The summed E-state index contributed by atoms with van der Waals surface area (Å²) in [5.74, 6) is 0. The zero-order chi connectivity index (χ0) is 10.3. The summed E-state index contributed by atoms with van der Waals surface area (Å²) in [7, 11) is 0. The van der Waals surface area contributed by atoms with Gasteiger partial charge in [-0.3, -0.25) is 0 Å². The maximum Gasteiger partial charge on any atom is 0.416 e. The number of halogens is 4. The van der Waals surface area contributed by atoms with Crippen LogP contribution in [0.5, 0.6) is 0 Å². The molecule has 14 heavy (non-hydrogen) atoms. The Morgan fingerprint density at radius 1 is 1.36 bits per heavy atom. The smallest absolute Gasteiger partial charge is 0.240 e. The molecule has 0 aromatic carbocycles. The van der Waals surface area contributed by atoms with Gasteiger partial charge in [0.15, 0.2) is 0 Å². The van der Waals surface area contributed by atoms with E-state index in [2.05, 4.69) is 5.10 Å². The Kier molecular flexibility index (Phi) is 2.17. The summed E-state index contributed by atoms with van der Waals surface area (Å²) in [4.78, 5) is 0. The van der Waals surface area contributed by atoms with E-state index < -0.39 is 11.7 Å². The average Bonchev–Trinajstić information content (AvgIpc) is 2.46. The highest BCUT2D eigenvalue weighted by Gasteiger charge is 2.30. The molecule has 0 saturated heterocycles. The summed E-state index contributed by atoms with van der Waals surface area (Å²) in [6, 6.07) is 2.10. The second kappa shape index (κ2) is 3.11. The Morgan fingerprint density at radius 3 is 2.71 bits per heavy atom. The monoisotopic (exact) mass is 312 g/mol. The van der Waals surface area contributed by atoms with Crippen LogP contribution in [0.4, 0.5) is 13.2 Å². The fourth-order valence-corrected chi connectivity index (χ4v) is 1.65. The highest BCUT2D eigenvalue weighted by Crippen LogP contribution is 2.30. The third kappa shape index (κ3) is 1.58. The van der Waals surface area contributed by atoms with Crippen molar-refractivity contribution in [2.24, 2.45) is 0 Å². The first-order valence-electron chi connectivity index (χ1n) is 3.68. The highest BCUT2D eigenvalue weighted by molar-refractivity contribution is 14.1. The van der Waals surface area contributed by atoms with Gasteiger partial charge in [0.05, 0.1) is 20.8 Å². The molecule has 0 atom stereocenters. The van der Waals surface area contributed by atoms with Gasteiger partial charge >= 0.3 is 6.18 Å². The lowest BCUT2D eigenvalue weighted by Gasteiger charge is -2.06. The van der Waals surface area contributed by atoms with E-state index in [1.54, 1.807) is 0 Å². The van der Waals surface area contributed by atoms with Gasteiger partial charge in [-0.25, -0.2) is 4.52 Å². The zero-order valence-corrected chi connectivity index (χ0v) is 8.87. The summed E-state index contributed by atoms with van der Waals surface area (Å²) in [5.41, 5.74) is -0.177. The van der Waals surface area contributed by atoms with Crippen LogP contribution in [0.1, 0.15) is 5.56 Å². The van der Waals surface area contributed by atoms with Crippen molar-refractivity contribution in [3.05, 3.63) is 33.7 Å². The van der Waals surface area contributed by atoms with E-state index in [4.69, 9.17) is 0 Å². The average molecular weight is 312 g/mol. The number of hydrogen-bond acceptors (Lipinski definition) is 1. The van der Waals surface area contributed by atoms with Crippen LogP contribution in [0.25, 0.3) is 5.52 Å². The van der Waals surface area contributed by atoms with E-state index in [-0.39, 0.29) is 0 Å². The van der Waals surface area contributed by atoms with Gasteiger partial charge < -0.3 is 0 Å². The molecule has 2 heterocycles. The van der Waals surface area contributed by atoms with Gasteiger partial charge in [-0.05, 0) is 34.7 Å². The maximum absolute atomic E-state index is 12.3. The lowest BCUT2D eigenvalue weighted by Crippen LogP contribution is -2.05. The Morgan fingerprint density at radius 2 is 2.07 bits per heavy atom. The largest absolute Gasteiger partial charge is 0.416 e. The first-order chi connectivity index (χ1) is 6.48. The zero-order valence-electron chi connectivity index (χ0n) is 6.72.